The van der Waals surface area contributed by atoms with Gasteiger partial charge in [-0.25, -0.2) is 0 Å². The predicted octanol–water partition coefficient (Wildman–Crippen LogP) is 3.93. The van der Waals surface area contributed by atoms with Gasteiger partial charge >= 0.3 is 17.9 Å². The van der Waals surface area contributed by atoms with Gasteiger partial charge in [0, 0.05) is 0 Å². The summed E-state index contributed by atoms with van der Waals surface area (Å²) in [5.74, 6) is -3.54. The Kier molecular flexibility index (Phi) is 11.7. The van der Waals surface area contributed by atoms with Crippen molar-refractivity contribution in [3.8, 4) is 0 Å². The molecule has 156 valence electrons. The van der Waals surface area contributed by atoms with Crippen LogP contribution in [0.5, 0.6) is 0 Å². The van der Waals surface area contributed by atoms with E-state index < -0.39 is 35.2 Å². The lowest BCUT2D eigenvalue weighted by Gasteiger charge is -2.45. The van der Waals surface area contributed by atoms with E-state index in [1.807, 2.05) is 20.8 Å². The Balaban J connectivity index is 6.70. The van der Waals surface area contributed by atoms with Gasteiger partial charge in [0.2, 0.25) is 0 Å². The van der Waals surface area contributed by atoms with Gasteiger partial charge in [-0.2, -0.15) is 0 Å². The molecule has 0 heterocycles. The van der Waals surface area contributed by atoms with Crippen LogP contribution in [-0.4, -0.2) is 37.7 Å². The molecule has 0 saturated heterocycles. The molecule has 6 nitrogen and oxygen atoms in total. The lowest BCUT2D eigenvalue weighted by molar-refractivity contribution is -0.187. The fraction of sp³-hybridized carbons (Fsp3) is 0.762. The Labute approximate surface area is 163 Å². The van der Waals surface area contributed by atoms with Gasteiger partial charge in [-0.05, 0) is 46.0 Å². The molecule has 0 aliphatic carbocycles. The molecule has 3 atom stereocenters. The van der Waals surface area contributed by atoms with Crippen LogP contribution in [0.15, 0.2) is 12.7 Å². The molecular weight excluding hydrogens is 348 g/mol. The van der Waals surface area contributed by atoms with Crippen LogP contribution >= 0.6 is 0 Å². The first kappa shape index (κ1) is 25.1. The topological polar surface area (TPSA) is 78.9 Å². The first-order valence-corrected chi connectivity index (χ1v) is 9.94. The van der Waals surface area contributed by atoms with Gasteiger partial charge < -0.3 is 14.2 Å². The predicted molar refractivity (Wildman–Crippen MR) is 104 cm³/mol. The Morgan fingerprint density at radius 3 is 1.56 bits per heavy atom. The summed E-state index contributed by atoms with van der Waals surface area (Å²) < 4.78 is 15.9. The van der Waals surface area contributed by atoms with E-state index in [1.165, 1.54) is 0 Å². The minimum Gasteiger partial charge on any atom is -0.466 e. The van der Waals surface area contributed by atoms with E-state index in [9.17, 15) is 14.4 Å². The quantitative estimate of drug-likeness (QED) is 0.272. The summed E-state index contributed by atoms with van der Waals surface area (Å²) in [4.78, 5) is 39.0. The number of esters is 3. The van der Waals surface area contributed by atoms with Crippen LogP contribution in [0.1, 0.15) is 60.8 Å². The van der Waals surface area contributed by atoms with E-state index in [-0.39, 0.29) is 25.7 Å². The first-order chi connectivity index (χ1) is 12.8. The Morgan fingerprint density at radius 1 is 0.852 bits per heavy atom. The van der Waals surface area contributed by atoms with Crippen LogP contribution in [0.25, 0.3) is 0 Å². The smallest absolute Gasteiger partial charge is 0.314 e. The van der Waals surface area contributed by atoms with E-state index in [0.29, 0.717) is 19.3 Å². The number of carbonyl (C=O) groups is 3. The van der Waals surface area contributed by atoms with Crippen LogP contribution in [-0.2, 0) is 28.6 Å². The second kappa shape index (κ2) is 12.5. The third-order valence-electron chi connectivity index (χ3n) is 5.08. The first-order valence-electron chi connectivity index (χ1n) is 9.94. The van der Waals surface area contributed by atoms with Crippen molar-refractivity contribution in [1.29, 1.82) is 0 Å². The van der Waals surface area contributed by atoms with Crippen LogP contribution in [0.2, 0.25) is 0 Å². The molecule has 0 rings (SSSR count). The lowest BCUT2D eigenvalue weighted by Crippen LogP contribution is -2.55. The third-order valence-corrected chi connectivity index (χ3v) is 5.08. The number of hydrogen-bond acceptors (Lipinski definition) is 6. The van der Waals surface area contributed by atoms with Crippen molar-refractivity contribution in [3.63, 3.8) is 0 Å². The zero-order valence-corrected chi connectivity index (χ0v) is 17.7. The molecule has 0 bridgehead atoms. The van der Waals surface area contributed by atoms with Gasteiger partial charge in [-0.1, -0.05) is 26.8 Å². The lowest BCUT2D eigenvalue weighted by atomic mass is 9.57. The highest BCUT2D eigenvalue weighted by Crippen LogP contribution is 2.49. The van der Waals surface area contributed by atoms with Crippen molar-refractivity contribution >= 4 is 17.9 Å². The largest absolute Gasteiger partial charge is 0.466 e. The highest BCUT2D eigenvalue weighted by Gasteiger charge is 2.60. The molecule has 0 aliphatic rings. The summed E-state index contributed by atoms with van der Waals surface area (Å²) in [6, 6.07) is 0. The summed E-state index contributed by atoms with van der Waals surface area (Å²) in [6.45, 7) is 14.9. The Hall–Kier alpha value is -1.85. The number of carbonyl (C=O) groups excluding carboxylic acids is 3. The van der Waals surface area contributed by atoms with Crippen molar-refractivity contribution in [2.75, 3.05) is 19.8 Å². The molecular formula is C21H36O6. The molecule has 0 aromatic rings. The SMILES string of the molecule is C=CCC(C)C(C(=O)OCC)(C(CC)C(=O)OCC)C(CC)C(=O)OCC. The van der Waals surface area contributed by atoms with Gasteiger partial charge in [0.15, 0.2) is 0 Å². The van der Waals surface area contributed by atoms with Crippen LogP contribution < -0.4 is 0 Å². The van der Waals surface area contributed by atoms with E-state index in [1.54, 1.807) is 26.8 Å². The maximum atomic E-state index is 13.3. The summed E-state index contributed by atoms with van der Waals surface area (Å²) in [6.07, 6.45) is 2.82. The van der Waals surface area contributed by atoms with Crippen LogP contribution in [0.4, 0.5) is 0 Å². The summed E-state index contributed by atoms with van der Waals surface area (Å²) >= 11 is 0. The molecule has 0 aromatic heterocycles. The van der Waals surface area contributed by atoms with E-state index in [0.717, 1.165) is 0 Å². The number of allylic oxidation sites excluding steroid dienone is 1. The number of hydrogen-bond donors (Lipinski definition) is 0. The van der Waals surface area contributed by atoms with Crippen LogP contribution in [0, 0.1) is 23.2 Å². The normalized spacial score (nSPS) is 16.4. The standard InChI is InChI=1S/C21H36O6/c1-8-14-15(7)21(20(24)27-13-6,16(9-2)18(22)25-11-4)17(10-3)19(23)26-12-5/h8,15-17H,1,9-14H2,2-7H3. The van der Waals surface area contributed by atoms with Crippen molar-refractivity contribution in [2.45, 2.75) is 60.8 Å². The van der Waals surface area contributed by atoms with Gasteiger partial charge in [-0.3, -0.25) is 14.4 Å². The van der Waals surface area contributed by atoms with Gasteiger partial charge in [0.25, 0.3) is 0 Å². The molecule has 0 aliphatic heterocycles. The maximum absolute atomic E-state index is 13.3. The monoisotopic (exact) mass is 384 g/mol. The van der Waals surface area contributed by atoms with Crippen molar-refractivity contribution in [2.24, 2.45) is 23.2 Å². The average Bonchev–Trinajstić information content (AvgIpc) is 2.62. The van der Waals surface area contributed by atoms with E-state index >= 15 is 0 Å². The second-order valence-electron chi connectivity index (χ2n) is 6.50. The Bertz CT molecular complexity index is 473. The van der Waals surface area contributed by atoms with Crippen molar-refractivity contribution in [3.05, 3.63) is 12.7 Å². The fourth-order valence-corrected chi connectivity index (χ4v) is 4.00. The fourth-order valence-electron chi connectivity index (χ4n) is 4.00. The molecule has 0 fully saturated rings. The summed E-state index contributed by atoms with van der Waals surface area (Å²) in [5, 5.41) is 0. The van der Waals surface area contributed by atoms with Gasteiger partial charge in [-0.15, -0.1) is 6.58 Å². The molecule has 6 heteroatoms. The molecule has 3 unspecified atom stereocenters. The number of rotatable bonds is 13. The minimum absolute atomic E-state index is 0.153. The van der Waals surface area contributed by atoms with Crippen molar-refractivity contribution in [1.82, 2.24) is 0 Å². The second-order valence-corrected chi connectivity index (χ2v) is 6.50. The maximum Gasteiger partial charge on any atom is 0.314 e. The zero-order valence-electron chi connectivity index (χ0n) is 17.7. The molecule has 0 saturated carbocycles. The molecule has 0 aromatic carbocycles. The Morgan fingerprint density at radius 2 is 1.26 bits per heavy atom. The molecule has 0 spiro atoms. The van der Waals surface area contributed by atoms with Crippen LogP contribution in [0.3, 0.4) is 0 Å². The van der Waals surface area contributed by atoms with Gasteiger partial charge in [0.1, 0.15) is 0 Å². The highest BCUT2D eigenvalue weighted by atomic mass is 16.5. The van der Waals surface area contributed by atoms with E-state index in [4.69, 9.17) is 14.2 Å². The molecule has 0 N–H and O–H groups in total. The third kappa shape index (κ3) is 5.56. The minimum atomic E-state index is -1.38. The number of ether oxygens (including phenoxy) is 3. The zero-order chi connectivity index (χ0) is 21.0. The summed E-state index contributed by atoms with van der Waals surface area (Å²) in [5.41, 5.74) is -1.38. The van der Waals surface area contributed by atoms with E-state index in [2.05, 4.69) is 6.58 Å². The highest BCUT2D eigenvalue weighted by molar-refractivity contribution is 5.91. The summed E-state index contributed by atoms with van der Waals surface area (Å²) in [7, 11) is 0. The van der Waals surface area contributed by atoms with Crippen molar-refractivity contribution < 1.29 is 28.6 Å². The molecule has 0 radical (unpaired) electrons. The molecule has 27 heavy (non-hydrogen) atoms. The molecule has 0 amide bonds. The average molecular weight is 385 g/mol. The van der Waals surface area contributed by atoms with Gasteiger partial charge in [0.05, 0.1) is 37.1 Å².